The van der Waals surface area contributed by atoms with Gasteiger partial charge in [0.15, 0.2) is 0 Å². The number of hydrogen-bond acceptors (Lipinski definition) is 5. The van der Waals surface area contributed by atoms with E-state index in [4.69, 9.17) is 0 Å². The summed E-state index contributed by atoms with van der Waals surface area (Å²) in [6.45, 7) is 2.95. The Morgan fingerprint density at radius 2 is 2.21 bits per heavy atom. The van der Waals surface area contributed by atoms with Crippen LogP contribution in [0.1, 0.15) is 31.7 Å². The van der Waals surface area contributed by atoms with E-state index in [0.717, 1.165) is 25.8 Å². The minimum atomic E-state index is -0.498. The van der Waals surface area contributed by atoms with Gasteiger partial charge in [-0.3, -0.25) is 10.1 Å². The first-order valence-corrected chi connectivity index (χ1v) is 6.27. The van der Waals surface area contributed by atoms with E-state index in [9.17, 15) is 15.2 Å². The van der Waals surface area contributed by atoms with Gasteiger partial charge in [0.1, 0.15) is 5.75 Å². The number of non-ortho nitro benzene ring substituents is 1. The molecule has 0 spiro atoms. The van der Waals surface area contributed by atoms with Gasteiger partial charge in [0, 0.05) is 31.3 Å². The van der Waals surface area contributed by atoms with Crippen LogP contribution in [0.2, 0.25) is 0 Å². The SMILES string of the molecule is CCCCCN(C)/N=C/c1cc([N+](=O)[O-])ccc1O. The largest absolute Gasteiger partial charge is 0.507 e. The third-order valence-corrected chi connectivity index (χ3v) is 2.70. The molecular formula is C13H19N3O3. The van der Waals surface area contributed by atoms with Gasteiger partial charge in [-0.05, 0) is 12.5 Å². The summed E-state index contributed by atoms with van der Waals surface area (Å²) in [6, 6.07) is 3.87. The van der Waals surface area contributed by atoms with Gasteiger partial charge in [-0.2, -0.15) is 5.10 Å². The Morgan fingerprint density at radius 3 is 2.84 bits per heavy atom. The Hall–Kier alpha value is -2.11. The summed E-state index contributed by atoms with van der Waals surface area (Å²) < 4.78 is 0. The quantitative estimate of drug-likeness (QED) is 0.356. The summed E-state index contributed by atoms with van der Waals surface area (Å²) in [5.74, 6) is -0.0173. The van der Waals surface area contributed by atoms with Crippen molar-refractivity contribution in [3.8, 4) is 5.75 Å². The highest BCUT2D eigenvalue weighted by atomic mass is 16.6. The van der Waals surface area contributed by atoms with Crippen molar-refractivity contribution in [1.82, 2.24) is 5.01 Å². The van der Waals surface area contributed by atoms with Crippen LogP contribution in [0.25, 0.3) is 0 Å². The molecule has 0 atom stereocenters. The van der Waals surface area contributed by atoms with Crippen LogP contribution in [0.5, 0.6) is 5.75 Å². The van der Waals surface area contributed by atoms with Gasteiger partial charge in [0.05, 0.1) is 11.1 Å². The monoisotopic (exact) mass is 265 g/mol. The summed E-state index contributed by atoms with van der Waals surface area (Å²) in [5.41, 5.74) is 0.282. The van der Waals surface area contributed by atoms with Crippen LogP contribution >= 0.6 is 0 Å². The van der Waals surface area contributed by atoms with E-state index in [1.54, 1.807) is 5.01 Å². The zero-order valence-electron chi connectivity index (χ0n) is 11.2. The number of phenols is 1. The van der Waals surface area contributed by atoms with Gasteiger partial charge >= 0.3 is 0 Å². The number of aromatic hydroxyl groups is 1. The summed E-state index contributed by atoms with van der Waals surface area (Å²) in [6.07, 6.45) is 4.77. The number of nitro groups is 1. The third-order valence-electron chi connectivity index (χ3n) is 2.70. The van der Waals surface area contributed by atoms with Crippen molar-refractivity contribution < 1.29 is 10.0 Å². The molecule has 0 aliphatic heterocycles. The van der Waals surface area contributed by atoms with Crippen LogP contribution in [0.4, 0.5) is 5.69 Å². The molecule has 0 aliphatic rings. The first-order chi connectivity index (χ1) is 9.04. The lowest BCUT2D eigenvalue weighted by Crippen LogP contribution is -2.12. The average Bonchev–Trinajstić information content (AvgIpc) is 2.37. The predicted molar refractivity (Wildman–Crippen MR) is 74.5 cm³/mol. The minimum absolute atomic E-state index is 0.0173. The molecule has 0 aliphatic carbocycles. The molecule has 0 saturated carbocycles. The third kappa shape index (κ3) is 4.95. The number of hydrogen-bond donors (Lipinski definition) is 1. The maximum absolute atomic E-state index is 10.6. The number of rotatable bonds is 7. The summed E-state index contributed by atoms with van der Waals surface area (Å²) in [4.78, 5) is 10.1. The molecule has 0 amide bonds. The number of nitro benzene ring substituents is 1. The molecule has 6 nitrogen and oxygen atoms in total. The second kappa shape index (κ2) is 7.35. The molecule has 1 N–H and O–H groups in total. The number of benzene rings is 1. The zero-order chi connectivity index (χ0) is 14.3. The van der Waals surface area contributed by atoms with Crippen molar-refractivity contribution >= 4 is 11.9 Å². The highest BCUT2D eigenvalue weighted by Gasteiger charge is 2.08. The maximum Gasteiger partial charge on any atom is 0.270 e. The molecule has 1 rings (SSSR count). The van der Waals surface area contributed by atoms with Crippen LogP contribution in [0.3, 0.4) is 0 Å². The fourth-order valence-corrected chi connectivity index (χ4v) is 1.57. The molecule has 0 unspecified atom stereocenters. The number of unbranched alkanes of at least 4 members (excludes halogenated alkanes) is 2. The molecule has 6 heteroatoms. The second-order valence-electron chi connectivity index (χ2n) is 4.33. The summed E-state index contributed by atoms with van der Waals surface area (Å²) >= 11 is 0. The van der Waals surface area contributed by atoms with Crippen LogP contribution < -0.4 is 0 Å². The molecule has 0 saturated heterocycles. The minimum Gasteiger partial charge on any atom is -0.507 e. The molecule has 1 aromatic carbocycles. The molecule has 19 heavy (non-hydrogen) atoms. The van der Waals surface area contributed by atoms with Crippen molar-refractivity contribution in [2.45, 2.75) is 26.2 Å². The lowest BCUT2D eigenvalue weighted by atomic mass is 10.2. The van der Waals surface area contributed by atoms with Crippen molar-refractivity contribution in [2.24, 2.45) is 5.10 Å². The molecule has 0 radical (unpaired) electrons. The Labute approximate surface area is 112 Å². The fraction of sp³-hybridized carbons (Fsp3) is 0.462. The van der Waals surface area contributed by atoms with Crippen molar-refractivity contribution in [3.05, 3.63) is 33.9 Å². The van der Waals surface area contributed by atoms with E-state index >= 15 is 0 Å². The molecule has 0 bridgehead atoms. The average molecular weight is 265 g/mol. The predicted octanol–water partition coefficient (Wildman–Crippen LogP) is 2.76. The number of phenolic OH excluding ortho intramolecular Hbond substituents is 1. The van der Waals surface area contributed by atoms with Gasteiger partial charge in [-0.1, -0.05) is 19.8 Å². The van der Waals surface area contributed by atoms with E-state index in [-0.39, 0.29) is 11.4 Å². The van der Waals surface area contributed by atoms with Gasteiger partial charge in [0.2, 0.25) is 0 Å². The number of nitrogens with zero attached hydrogens (tertiary/aromatic N) is 3. The second-order valence-corrected chi connectivity index (χ2v) is 4.33. The van der Waals surface area contributed by atoms with E-state index in [2.05, 4.69) is 12.0 Å². The zero-order valence-corrected chi connectivity index (χ0v) is 11.2. The van der Waals surface area contributed by atoms with Crippen molar-refractivity contribution in [3.63, 3.8) is 0 Å². The van der Waals surface area contributed by atoms with Gasteiger partial charge < -0.3 is 10.1 Å². The van der Waals surface area contributed by atoms with Gasteiger partial charge in [0.25, 0.3) is 5.69 Å². The lowest BCUT2D eigenvalue weighted by molar-refractivity contribution is -0.384. The Bertz CT molecular complexity index is 460. The molecule has 0 aromatic heterocycles. The Balaban J connectivity index is 2.69. The van der Waals surface area contributed by atoms with E-state index in [0.29, 0.717) is 5.56 Å². The molecule has 104 valence electrons. The molecule has 0 heterocycles. The van der Waals surface area contributed by atoms with Crippen LogP contribution in [-0.2, 0) is 0 Å². The smallest absolute Gasteiger partial charge is 0.270 e. The van der Waals surface area contributed by atoms with E-state index < -0.39 is 4.92 Å². The molecule has 0 fully saturated rings. The normalized spacial score (nSPS) is 10.8. The Morgan fingerprint density at radius 1 is 1.47 bits per heavy atom. The first-order valence-electron chi connectivity index (χ1n) is 6.27. The summed E-state index contributed by atoms with van der Waals surface area (Å²) in [7, 11) is 1.83. The maximum atomic E-state index is 10.6. The van der Waals surface area contributed by atoms with E-state index in [1.807, 2.05) is 7.05 Å². The van der Waals surface area contributed by atoms with Crippen LogP contribution in [0, 0.1) is 10.1 Å². The standard InChI is InChI=1S/C13H19N3O3/c1-3-4-5-8-15(2)14-10-11-9-12(16(18)19)6-7-13(11)17/h6-7,9-10,17H,3-5,8H2,1-2H3/b14-10+. The van der Waals surface area contributed by atoms with Crippen molar-refractivity contribution in [2.75, 3.05) is 13.6 Å². The van der Waals surface area contributed by atoms with Crippen LogP contribution in [0.15, 0.2) is 23.3 Å². The fourth-order valence-electron chi connectivity index (χ4n) is 1.57. The molecule has 1 aromatic rings. The highest BCUT2D eigenvalue weighted by molar-refractivity contribution is 5.84. The Kier molecular flexibility index (Phi) is 5.78. The van der Waals surface area contributed by atoms with Crippen LogP contribution in [-0.4, -0.2) is 34.8 Å². The van der Waals surface area contributed by atoms with Gasteiger partial charge in [-0.15, -0.1) is 0 Å². The number of hydrazone groups is 1. The lowest BCUT2D eigenvalue weighted by Gasteiger charge is -2.11. The first kappa shape index (κ1) is 14.9. The van der Waals surface area contributed by atoms with Crippen molar-refractivity contribution in [1.29, 1.82) is 0 Å². The highest BCUT2D eigenvalue weighted by Crippen LogP contribution is 2.21. The van der Waals surface area contributed by atoms with Gasteiger partial charge in [-0.25, -0.2) is 0 Å². The van der Waals surface area contributed by atoms with E-state index in [1.165, 1.54) is 24.4 Å². The topological polar surface area (TPSA) is 79.0 Å². The summed E-state index contributed by atoms with van der Waals surface area (Å²) in [5, 5.41) is 26.2. The molecular weight excluding hydrogens is 246 g/mol.